The highest BCUT2D eigenvalue weighted by atomic mass is 16.3. The van der Waals surface area contributed by atoms with Crippen LogP contribution in [0.2, 0.25) is 0 Å². The van der Waals surface area contributed by atoms with E-state index >= 15 is 0 Å². The first kappa shape index (κ1) is 15.5. The van der Waals surface area contributed by atoms with Crippen LogP contribution >= 0.6 is 0 Å². The van der Waals surface area contributed by atoms with Crippen LogP contribution in [-0.4, -0.2) is 26.6 Å². The molecule has 0 saturated heterocycles. The number of anilines is 3. The van der Waals surface area contributed by atoms with Crippen LogP contribution in [0.5, 0.6) is 0 Å². The summed E-state index contributed by atoms with van der Waals surface area (Å²) in [5.41, 5.74) is 8.53. The number of pyridine rings is 1. The first-order valence-corrected chi connectivity index (χ1v) is 8.18. The Kier molecular flexibility index (Phi) is 3.62. The molecule has 6 nitrogen and oxygen atoms in total. The summed E-state index contributed by atoms with van der Waals surface area (Å²) in [6.07, 6.45) is 5.96. The zero-order valence-electron chi connectivity index (χ0n) is 13.9. The van der Waals surface area contributed by atoms with Gasteiger partial charge in [-0.2, -0.15) is 4.98 Å². The van der Waals surface area contributed by atoms with Gasteiger partial charge in [-0.15, -0.1) is 0 Å². The van der Waals surface area contributed by atoms with Crippen LogP contribution in [0.25, 0.3) is 0 Å². The molecule has 1 aliphatic rings. The third-order valence-electron chi connectivity index (χ3n) is 4.72. The zero-order chi connectivity index (χ0) is 17.4. The predicted octanol–water partition coefficient (Wildman–Crippen LogP) is 2.40. The Morgan fingerprint density at radius 1 is 1.08 bits per heavy atom. The van der Waals surface area contributed by atoms with Crippen LogP contribution in [0.4, 0.5) is 17.5 Å². The van der Waals surface area contributed by atoms with E-state index < -0.39 is 5.60 Å². The van der Waals surface area contributed by atoms with Gasteiger partial charge < -0.3 is 15.7 Å². The molecule has 0 fully saturated rings. The molecule has 126 valence electrons. The van der Waals surface area contributed by atoms with Crippen molar-refractivity contribution in [2.75, 3.05) is 17.2 Å². The van der Waals surface area contributed by atoms with Crippen LogP contribution in [0.3, 0.4) is 0 Å². The minimum absolute atomic E-state index is 0.255. The largest absolute Gasteiger partial charge is 0.381 e. The lowest BCUT2D eigenvalue weighted by atomic mass is 9.88. The average Bonchev–Trinajstić information content (AvgIpc) is 3.05. The topological polar surface area (TPSA) is 88.2 Å². The molecular formula is C19H19N5O. The highest BCUT2D eigenvalue weighted by molar-refractivity contribution is 5.69. The first-order chi connectivity index (χ1) is 12.1. The van der Waals surface area contributed by atoms with Crippen LogP contribution in [0, 0.1) is 0 Å². The van der Waals surface area contributed by atoms with E-state index in [2.05, 4.69) is 25.9 Å². The molecule has 3 N–H and O–H groups in total. The molecule has 1 unspecified atom stereocenters. The maximum absolute atomic E-state index is 11.1. The number of nitrogens with zero attached hydrogens (tertiary/aromatic N) is 4. The van der Waals surface area contributed by atoms with Crippen LogP contribution in [0.15, 0.2) is 55.0 Å². The van der Waals surface area contributed by atoms with Crippen LogP contribution < -0.4 is 10.6 Å². The summed E-state index contributed by atoms with van der Waals surface area (Å²) < 4.78 is 0. The van der Waals surface area contributed by atoms with E-state index in [4.69, 9.17) is 5.73 Å². The van der Waals surface area contributed by atoms with Crippen molar-refractivity contribution in [2.45, 2.75) is 18.9 Å². The highest BCUT2D eigenvalue weighted by Crippen LogP contribution is 2.38. The lowest BCUT2D eigenvalue weighted by Crippen LogP contribution is -2.23. The normalized spacial score (nSPS) is 15.7. The van der Waals surface area contributed by atoms with E-state index in [1.165, 1.54) is 5.56 Å². The van der Waals surface area contributed by atoms with Gasteiger partial charge in [0.2, 0.25) is 5.95 Å². The third kappa shape index (κ3) is 2.70. The summed E-state index contributed by atoms with van der Waals surface area (Å²) >= 11 is 0. The summed E-state index contributed by atoms with van der Waals surface area (Å²) in [4.78, 5) is 14.4. The van der Waals surface area contributed by atoms with E-state index in [-0.39, 0.29) is 5.95 Å². The SMILES string of the molecule is CC(O)(c1ccncc1)c1ccc2c(c1)N(c1ccnc(N)n1)CC2. The van der Waals surface area contributed by atoms with Gasteiger partial charge in [0, 0.05) is 30.8 Å². The van der Waals surface area contributed by atoms with Crippen molar-refractivity contribution in [3.8, 4) is 0 Å². The van der Waals surface area contributed by atoms with Gasteiger partial charge in [-0.25, -0.2) is 4.98 Å². The smallest absolute Gasteiger partial charge is 0.221 e. The van der Waals surface area contributed by atoms with E-state index in [1.807, 2.05) is 30.3 Å². The third-order valence-corrected chi connectivity index (χ3v) is 4.72. The minimum atomic E-state index is -1.10. The maximum Gasteiger partial charge on any atom is 0.221 e. The molecule has 2 aromatic heterocycles. The number of hydrogen-bond donors (Lipinski definition) is 2. The van der Waals surface area contributed by atoms with E-state index in [0.29, 0.717) is 0 Å². The average molecular weight is 333 g/mol. The molecule has 6 heteroatoms. The van der Waals surface area contributed by atoms with E-state index in [9.17, 15) is 5.11 Å². The minimum Gasteiger partial charge on any atom is -0.381 e. The Morgan fingerprint density at radius 3 is 2.64 bits per heavy atom. The van der Waals surface area contributed by atoms with Gasteiger partial charge in [-0.05, 0) is 54.3 Å². The predicted molar refractivity (Wildman–Crippen MR) is 96.5 cm³/mol. The number of nitrogens with two attached hydrogens (primary N) is 1. The Labute approximate surface area is 146 Å². The van der Waals surface area contributed by atoms with Crippen molar-refractivity contribution in [3.05, 3.63) is 71.7 Å². The first-order valence-electron chi connectivity index (χ1n) is 8.18. The summed E-state index contributed by atoms with van der Waals surface area (Å²) in [5, 5.41) is 11.1. The molecule has 25 heavy (non-hydrogen) atoms. The Bertz CT molecular complexity index is 911. The molecule has 1 atom stereocenters. The van der Waals surface area contributed by atoms with Crippen molar-refractivity contribution >= 4 is 17.5 Å². The van der Waals surface area contributed by atoms with E-state index in [0.717, 1.165) is 35.6 Å². The number of rotatable bonds is 3. The van der Waals surface area contributed by atoms with Gasteiger partial charge in [0.15, 0.2) is 0 Å². The second-order valence-corrected chi connectivity index (χ2v) is 6.33. The number of hydrogen-bond acceptors (Lipinski definition) is 6. The van der Waals surface area contributed by atoms with Crippen molar-refractivity contribution < 1.29 is 5.11 Å². The zero-order valence-corrected chi connectivity index (χ0v) is 13.9. The number of benzene rings is 1. The molecule has 0 spiro atoms. The number of nitrogen functional groups attached to an aromatic ring is 1. The molecule has 3 heterocycles. The quantitative estimate of drug-likeness (QED) is 0.765. The molecule has 0 aliphatic carbocycles. The molecule has 0 radical (unpaired) electrons. The van der Waals surface area contributed by atoms with Crippen molar-refractivity contribution in [2.24, 2.45) is 0 Å². The molecule has 0 saturated carbocycles. The number of aromatic nitrogens is 3. The molecule has 1 aliphatic heterocycles. The maximum atomic E-state index is 11.1. The van der Waals surface area contributed by atoms with Crippen molar-refractivity contribution in [1.82, 2.24) is 15.0 Å². The van der Waals surface area contributed by atoms with Gasteiger partial charge >= 0.3 is 0 Å². The summed E-state index contributed by atoms with van der Waals surface area (Å²) in [6, 6.07) is 11.6. The van der Waals surface area contributed by atoms with Gasteiger partial charge in [0.25, 0.3) is 0 Å². The number of fused-ring (bicyclic) bond motifs is 1. The lowest BCUT2D eigenvalue weighted by Gasteiger charge is -2.26. The second-order valence-electron chi connectivity index (χ2n) is 6.33. The highest BCUT2D eigenvalue weighted by Gasteiger charge is 2.29. The van der Waals surface area contributed by atoms with Crippen LogP contribution in [-0.2, 0) is 12.0 Å². The lowest BCUT2D eigenvalue weighted by molar-refractivity contribution is 0.102. The molecule has 0 bridgehead atoms. The molecule has 1 aromatic carbocycles. The van der Waals surface area contributed by atoms with Gasteiger partial charge in [0.1, 0.15) is 11.4 Å². The Morgan fingerprint density at radius 2 is 1.88 bits per heavy atom. The van der Waals surface area contributed by atoms with Gasteiger partial charge in [-0.3, -0.25) is 4.98 Å². The molecule has 3 aromatic rings. The fourth-order valence-electron chi connectivity index (χ4n) is 3.28. The summed E-state index contributed by atoms with van der Waals surface area (Å²) in [7, 11) is 0. The Hall–Kier alpha value is -2.99. The van der Waals surface area contributed by atoms with Crippen LogP contribution in [0.1, 0.15) is 23.6 Å². The monoisotopic (exact) mass is 333 g/mol. The molecular weight excluding hydrogens is 314 g/mol. The standard InChI is InChI=1S/C19H19N5O/c1-19(25,14-4-8-21-9-5-14)15-3-2-13-7-11-24(16(13)12-15)17-6-10-22-18(20)23-17/h2-6,8-10,12,25H,7,11H2,1H3,(H2,20,22,23). The fraction of sp³-hybridized carbons (Fsp3) is 0.211. The molecule has 0 amide bonds. The van der Waals surface area contributed by atoms with Gasteiger partial charge in [-0.1, -0.05) is 12.1 Å². The van der Waals surface area contributed by atoms with E-state index in [1.54, 1.807) is 25.5 Å². The summed E-state index contributed by atoms with van der Waals surface area (Å²) in [5.74, 6) is 1.03. The molecule has 4 rings (SSSR count). The summed E-state index contributed by atoms with van der Waals surface area (Å²) in [6.45, 7) is 2.62. The second kappa shape index (κ2) is 5.82. The van der Waals surface area contributed by atoms with Gasteiger partial charge in [0.05, 0.1) is 0 Å². The number of aliphatic hydroxyl groups is 1. The fourth-order valence-corrected chi connectivity index (χ4v) is 3.28. The van der Waals surface area contributed by atoms with Crippen molar-refractivity contribution in [3.63, 3.8) is 0 Å². The van der Waals surface area contributed by atoms with Crippen molar-refractivity contribution in [1.29, 1.82) is 0 Å². The Balaban J connectivity index is 1.76.